The monoisotopic (exact) mass is 383 g/mol. The maximum absolute atomic E-state index is 12.2. The molecule has 1 atom stereocenters. The number of rotatable bonds is 0. The van der Waals surface area contributed by atoms with Crippen LogP contribution in [0, 0.1) is 0 Å². The van der Waals surface area contributed by atoms with Crippen LogP contribution in [0.15, 0.2) is 36.7 Å². The zero-order valence-corrected chi connectivity index (χ0v) is 15.3. The number of carbonyl (C=O) groups excluding carboxylic acids is 1. The minimum absolute atomic E-state index is 0.0690. The third kappa shape index (κ3) is 2.98. The van der Waals surface area contributed by atoms with Crippen molar-refractivity contribution in [1.29, 1.82) is 0 Å². The Hall–Kier alpha value is -2.80. The van der Waals surface area contributed by atoms with E-state index in [2.05, 4.69) is 15.4 Å². The van der Waals surface area contributed by atoms with Gasteiger partial charge in [-0.15, -0.1) is 0 Å². The molecule has 2 aliphatic heterocycles. The molecule has 0 aliphatic carbocycles. The zero-order chi connectivity index (χ0) is 18.4. The highest BCUT2D eigenvalue weighted by Gasteiger charge is 2.31. The van der Waals surface area contributed by atoms with Gasteiger partial charge in [0.15, 0.2) is 5.65 Å². The second-order valence-electron chi connectivity index (χ2n) is 6.84. The molecule has 1 aromatic carbocycles. The summed E-state index contributed by atoms with van der Waals surface area (Å²) < 4.78 is 7.65. The highest BCUT2D eigenvalue weighted by Crippen LogP contribution is 2.30. The Bertz CT molecular complexity index is 1030. The predicted octanol–water partition coefficient (Wildman–Crippen LogP) is 2.85. The van der Waals surface area contributed by atoms with Crippen LogP contribution in [0.4, 0.5) is 5.69 Å². The van der Waals surface area contributed by atoms with Crippen molar-refractivity contribution in [2.45, 2.75) is 18.9 Å². The van der Waals surface area contributed by atoms with E-state index in [1.54, 1.807) is 16.8 Å². The van der Waals surface area contributed by atoms with Gasteiger partial charge >= 0.3 is 0 Å². The Labute approximate surface area is 160 Å². The summed E-state index contributed by atoms with van der Waals surface area (Å²) in [6.07, 6.45) is 4.98. The van der Waals surface area contributed by atoms with Gasteiger partial charge in [0.2, 0.25) is 11.8 Å². The van der Waals surface area contributed by atoms with Crippen LogP contribution in [-0.2, 0) is 4.79 Å². The van der Waals surface area contributed by atoms with Gasteiger partial charge in [-0.25, -0.2) is 4.52 Å². The van der Waals surface area contributed by atoms with Gasteiger partial charge in [0.25, 0.3) is 0 Å². The van der Waals surface area contributed by atoms with Crippen molar-refractivity contribution in [1.82, 2.24) is 19.5 Å². The summed E-state index contributed by atoms with van der Waals surface area (Å²) in [5.41, 5.74) is 3.43. The fourth-order valence-corrected chi connectivity index (χ4v) is 3.99. The highest BCUT2D eigenvalue weighted by atomic mass is 35.5. The summed E-state index contributed by atoms with van der Waals surface area (Å²) in [7, 11) is 0. The second kappa shape index (κ2) is 6.42. The maximum Gasteiger partial charge on any atom is 0.223 e. The summed E-state index contributed by atoms with van der Waals surface area (Å²) in [6, 6.07) is 7.66. The minimum Gasteiger partial charge on any atom is -0.475 e. The summed E-state index contributed by atoms with van der Waals surface area (Å²) in [6.45, 7) is 1.71. The minimum atomic E-state index is 0.0690. The molecule has 8 heteroatoms. The topological polar surface area (TPSA) is 71.8 Å². The number of nitrogens with one attached hydrogen (secondary N) is 1. The van der Waals surface area contributed by atoms with E-state index in [0.717, 1.165) is 23.2 Å². The molecule has 0 saturated carbocycles. The van der Waals surface area contributed by atoms with E-state index >= 15 is 0 Å². The molecule has 1 N–H and O–H groups in total. The molecule has 1 unspecified atom stereocenters. The van der Waals surface area contributed by atoms with Crippen molar-refractivity contribution >= 4 is 28.8 Å². The lowest BCUT2D eigenvalue weighted by molar-refractivity contribution is -0.129. The van der Waals surface area contributed by atoms with Gasteiger partial charge in [0.1, 0.15) is 6.61 Å². The van der Waals surface area contributed by atoms with Crippen molar-refractivity contribution in [3.63, 3.8) is 0 Å². The van der Waals surface area contributed by atoms with Gasteiger partial charge in [-0.3, -0.25) is 4.79 Å². The summed E-state index contributed by atoms with van der Waals surface area (Å²) in [5.74, 6) is 0.701. The van der Waals surface area contributed by atoms with Gasteiger partial charge < -0.3 is 15.0 Å². The molecule has 5 rings (SSSR count). The average molecular weight is 384 g/mol. The van der Waals surface area contributed by atoms with Crippen LogP contribution in [0.5, 0.6) is 5.88 Å². The number of fused-ring (bicyclic) bond motifs is 5. The Morgan fingerprint density at radius 3 is 3.15 bits per heavy atom. The Morgan fingerprint density at radius 1 is 1.30 bits per heavy atom. The first-order chi connectivity index (χ1) is 13.2. The number of benzene rings is 1. The Morgan fingerprint density at radius 2 is 2.22 bits per heavy atom. The summed E-state index contributed by atoms with van der Waals surface area (Å²) >= 11 is 6.34. The molecule has 1 fully saturated rings. The van der Waals surface area contributed by atoms with Crippen molar-refractivity contribution in [2.24, 2.45) is 0 Å². The van der Waals surface area contributed by atoms with Gasteiger partial charge in [-0.05, 0) is 30.2 Å². The third-order valence-corrected chi connectivity index (χ3v) is 5.33. The molecule has 2 aliphatic rings. The van der Waals surface area contributed by atoms with Gasteiger partial charge in [0, 0.05) is 48.0 Å². The van der Waals surface area contributed by atoms with E-state index in [4.69, 9.17) is 16.3 Å². The lowest BCUT2D eigenvalue weighted by Crippen LogP contribution is -2.40. The van der Waals surface area contributed by atoms with E-state index in [-0.39, 0.29) is 11.9 Å². The smallest absolute Gasteiger partial charge is 0.223 e. The summed E-state index contributed by atoms with van der Waals surface area (Å²) in [5, 5.41) is 8.38. The van der Waals surface area contributed by atoms with Crippen molar-refractivity contribution in [3.05, 3.63) is 41.7 Å². The molecule has 4 heterocycles. The highest BCUT2D eigenvalue weighted by molar-refractivity contribution is 6.31. The number of hydrogen-bond donors (Lipinski definition) is 1. The van der Waals surface area contributed by atoms with Crippen LogP contribution < -0.4 is 10.1 Å². The van der Waals surface area contributed by atoms with E-state index in [1.807, 2.05) is 29.3 Å². The van der Waals surface area contributed by atoms with Crippen molar-refractivity contribution in [2.75, 3.05) is 25.0 Å². The Kier molecular flexibility index (Phi) is 3.89. The zero-order valence-electron chi connectivity index (χ0n) is 14.6. The fourth-order valence-electron chi connectivity index (χ4n) is 3.76. The molecule has 2 aromatic heterocycles. The fraction of sp³-hybridized carbons (Fsp3) is 0.316. The van der Waals surface area contributed by atoms with E-state index in [1.165, 1.54) is 0 Å². The van der Waals surface area contributed by atoms with Crippen LogP contribution in [0.3, 0.4) is 0 Å². The van der Waals surface area contributed by atoms with Gasteiger partial charge in [-0.2, -0.15) is 10.1 Å². The number of carbonyl (C=O) groups is 1. The normalized spacial score (nSPS) is 19.5. The molecule has 4 bridgehead atoms. The molecule has 3 aromatic rings. The number of anilines is 1. The molecular formula is C19H18ClN5O2. The van der Waals surface area contributed by atoms with Crippen molar-refractivity contribution < 1.29 is 9.53 Å². The van der Waals surface area contributed by atoms with Gasteiger partial charge in [-0.1, -0.05) is 11.6 Å². The van der Waals surface area contributed by atoms with Crippen LogP contribution >= 0.6 is 11.6 Å². The molecule has 1 saturated heterocycles. The first kappa shape index (κ1) is 16.4. The standard InChI is InChI=1S/C19H18ClN5O2/c20-13-7-12-8-14(9-13)21-4-6-24-15(1-2-18(24)26)11-27-17-3-5-25-19(23-17)16(12)10-22-25/h3,5,7-10,15,21H,1-2,4,6,11H2. The average Bonchev–Trinajstić information content (AvgIpc) is 3.23. The molecule has 0 radical (unpaired) electrons. The molecule has 27 heavy (non-hydrogen) atoms. The van der Waals surface area contributed by atoms with Gasteiger partial charge in [0.05, 0.1) is 12.2 Å². The van der Waals surface area contributed by atoms with Crippen molar-refractivity contribution in [3.8, 4) is 17.0 Å². The molecule has 1 amide bonds. The molecular weight excluding hydrogens is 366 g/mol. The van der Waals surface area contributed by atoms with E-state index in [0.29, 0.717) is 42.7 Å². The predicted molar refractivity (Wildman–Crippen MR) is 102 cm³/mol. The SMILES string of the molecule is O=C1CCC2COc3ccn4ncc(c4n3)-c3cc(Cl)cc(c3)NCCN12. The lowest BCUT2D eigenvalue weighted by atomic mass is 10.1. The lowest BCUT2D eigenvalue weighted by Gasteiger charge is -2.25. The maximum atomic E-state index is 12.2. The van der Waals surface area contributed by atoms with E-state index < -0.39 is 0 Å². The Balaban J connectivity index is 1.61. The van der Waals surface area contributed by atoms with Crippen LogP contribution in [-0.4, -0.2) is 51.1 Å². The largest absolute Gasteiger partial charge is 0.475 e. The summed E-state index contributed by atoms with van der Waals surface area (Å²) in [4.78, 5) is 18.8. The number of hydrogen-bond acceptors (Lipinski definition) is 5. The number of halogens is 1. The molecule has 7 nitrogen and oxygen atoms in total. The van der Waals surface area contributed by atoms with Crippen LogP contribution in [0.2, 0.25) is 5.02 Å². The molecule has 138 valence electrons. The quantitative estimate of drug-likeness (QED) is 0.646. The number of nitrogens with zero attached hydrogens (tertiary/aromatic N) is 4. The van der Waals surface area contributed by atoms with Crippen LogP contribution in [0.1, 0.15) is 12.8 Å². The molecule has 0 spiro atoms. The third-order valence-electron chi connectivity index (χ3n) is 5.11. The first-order valence-electron chi connectivity index (χ1n) is 8.99. The first-order valence-corrected chi connectivity index (χ1v) is 9.37. The van der Waals surface area contributed by atoms with Crippen LogP contribution in [0.25, 0.3) is 16.8 Å². The number of aromatic nitrogens is 3. The number of ether oxygens (including phenoxy) is 1. The number of amides is 1. The van der Waals surface area contributed by atoms with E-state index in [9.17, 15) is 4.79 Å². The second-order valence-corrected chi connectivity index (χ2v) is 7.27.